The Labute approximate surface area is 205 Å². The number of rotatable bonds is 6. The van der Waals surface area contributed by atoms with E-state index < -0.39 is 35.9 Å². The normalized spacial score (nSPS) is 24.1. The number of hydrogen-bond acceptors (Lipinski definition) is 3. The zero-order valence-corrected chi connectivity index (χ0v) is 19.7. The van der Waals surface area contributed by atoms with Gasteiger partial charge in [0.2, 0.25) is 0 Å². The molecule has 1 saturated carbocycles. The molecular formula is C26H29F6NO3. The molecule has 4 nitrogen and oxygen atoms in total. The third-order valence-corrected chi connectivity index (χ3v) is 7.29. The van der Waals surface area contributed by atoms with Gasteiger partial charge in [-0.2, -0.15) is 26.3 Å². The zero-order valence-electron chi connectivity index (χ0n) is 19.7. The number of carbonyl (C=O) groups is 1. The number of fused-ring (bicyclic) bond motifs is 1. The Kier molecular flexibility index (Phi) is 7.73. The maximum atomic E-state index is 14.2. The molecular weight excluding hydrogens is 488 g/mol. The molecule has 2 aromatic carbocycles. The van der Waals surface area contributed by atoms with Gasteiger partial charge in [0, 0.05) is 19.5 Å². The maximum Gasteiger partial charge on any atom is 0.420 e. The van der Waals surface area contributed by atoms with Crippen molar-refractivity contribution < 1.29 is 41.0 Å². The predicted molar refractivity (Wildman–Crippen MR) is 122 cm³/mol. The number of hydrogen-bond donors (Lipinski definition) is 1. The first-order valence-electron chi connectivity index (χ1n) is 12.2. The van der Waals surface area contributed by atoms with Crippen LogP contribution in [0.25, 0.3) is 10.8 Å². The number of carboxylic acids is 1. The van der Waals surface area contributed by atoms with E-state index in [1.807, 2.05) is 0 Å². The number of benzene rings is 2. The Hall–Kier alpha value is -2.49. The second-order valence-electron chi connectivity index (χ2n) is 9.92. The first kappa shape index (κ1) is 26.6. The van der Waals surface area contributed by atoms with E-state index in [2.05, 4.69) is 4.90 Å². The number of nitrogens with zero attached hydrogens (tertiary/aromatic N) is 1. The number of ether oxygens (including phenoxy) is 1. The monoisotopic (exact) mass is 517 g/mol. The van der Waals surface area contributed by atoms with E-state index in [0.717, 1.165) is 19.4 Å². The Balaban J connectivity index is 1.57. The van der Waals surface area contributed by atoms with Gasteiger partial charge in [-0.1, -0.05) is 24.3 Å². The van der Waals surface area contributed by atoms with Crippen LogP contribution in [0.15, 0.2) is 30.3 Å². The molecule has 0 bridgehead atoms. The second kappa shape index (κ2) is 10.5. The molecule has 1 aliphatic carbocycles. The first-order valence-corrected chi connectivity index (χ1v) is 12.2. The molecule has 1 atom stereocenters. The largest absolute Gasteiger partial charge is 0.490 e. The van der Waals surface area contributed by atoms with Gasteiger partial charge in [0.1, 0.15) is 11.3 Å². The lowest BCUT2D eigenvalue weighted by Crippen LogP contribution is -2.35. The SMILES string of the molecule is O=C(O)C[C@H]1CCCN(Cc2cccc3c(C(F)(F)F)c(O[C@H]4CC[C@@H](C(F)(F)F)CC4)ccc23)C1. The molecule has 2 aromatic rings. The van der Waals surface area contributed by atoms with Crippen LogP contribution in [-0.4, -0.2) is 41.3 Å². The highest BCUT2D eigenvalue weighted by molar-refractivity contribution is 5.91. The summed E-state index contributed by atoms with van der Waals surface area (Å²) in [6, 6.07) is 7.56. The first-order chi connectivity index (χ1) is 16.9. The van der Waals surface area contributed by atoms with Gasteiger partial charge in [-0.15, -0.1) is 0 Å². The van der Waals surface area contributed by atoms with Gasteiger partial charge in [0.15, 0.2) is 0 Å². The van der Waals surface area contributed by atoms with Crippen molar-refractivity contribution in [3.8, 4) is 5.75 Å². The minimum Gasteiger partial charge on any atom is -0.490 e. The summed E-state index contributed by atoms with van der Waals surface area (Å²) in [5.74, 6) is -2.66. The Bertz CT molecular complexity index is 1080. The van der Waals surface area contributed by atoms with Crippen molar-refractivity contribution >= 4 is 16.7 Å². The van der Waals surface area contributed by atoms with Crippen molar-refractivity contribution in [3.63, 3.8) is 0 Å². The van der Waals surface area contributed by atoms with Gasteiger partial charge >= 0.3 is 18.3 Å². The lowest BCUT2D eigenvalue weighted by molar-refractivity contribution is -0.185. The highest BCUT2D eigenvalue weighted by Gasteiger charge is 2.43. The molecule has 0 spiro atoms. The van der Waals surface area contributed by atoms with Crippen LogP contribution in [0.1, 0.15) is 56.1 Å². The molecule has 0 unspecified atom stereocenters. The fraction of sp³-hybridized carbons (Fsp3) is 0.577. The van der Waals surface area contributed by atoms with Gasteiger partial charge in [0.05, 0.1) is 12.0 Å². The average Bonchev–Trinajstić information content (AvgIpc) is 2.78. The third kappa shape index (κ3) is 6.25. The van der Waals surface area contributed by atoms with E-state index in [4.69, 9.17) is 9.84 Å². The van der Waals surface area contributed by atoms with Crippen molar-refractivity contribution in [3.05, 3.63) is 41.5 Å². The van der Waals surface area contributed by atoms with Crippen LogP contribution < -0.4 is 4.74 Å². The van der Waals surface area contributed by atoms with Crippen LogP contribution in [0.4, 0.5) is 26.3 Å². The fourth-order valence-electron chi connectivity index (χ4n) is 5.57. The van der Waals surface area contributed by atoms with Crippen molar-refractivity contribution in [1.82, 2.24) is 4.90 Å². The van der Waals surface area contributed by atoms with E-state index in [9.17, 15) is 31.1 Å². The lowest BCUT2D eigenvalue weighted by Gasteiger charge is -2.32. The zero-order chi connectivity index (χ0) is 26.1. The Morgan fingerprint density at radius 1 is 0.972 bits per heavy atom. The topological polar surface area (TPSA) is 49.8 Å². The number of aliphatic carboxylic acids is 1. The summed E-state index contributed by atoms with van der Waals surface area (Å²) in [5, 5.41) is 9.51. The van der Waals surface area contributed by atoms with E-state index in [1.54, 1.807) is 18.2 Å². The van der Waals surface area contributed by atoms with Crippen LogP contribution in [0.2, 0.25) is 0 Å². The van der Waals surface area contributed by atoms with Gasteiger partial charge in [-0.25, -0.2) is 0 Å². The minimum atomic E-state index is -4.71. The number of piperidine rings is 1. The van der Waals surface area contributed by atoms with Crippen molar-refractivity contribution in [1.29, 1.82) is 0 Å². The average molecular weight is 518 g/mol. The van der Waals surface area contributed by atoms with Crippen LogP contribution >= 0.6 is 0 Å². The van der Waals surface area contributed by atoms with E-state index in [1.165, 1.54) is 12.1 Å². The fourth-order valence-corrected chi connectivity index (χ4v) is 5.57. The van der Waals surface area contributed by atoms with E-state index >= 15 is 0 Å². The minimum absolute atomic E-state index is 0.00408. The predicted octanol–water partition coefficient (Wildman–Crippen LogP) is 7.05. The van der Waals surface area contributed by atoms with E-state index in [0.29, 0.717) is 24.0 Å². The second-order valence-corrected chi connectivity index (χ2v) is 9.92. The van der Waals surface area contributed by atoms with Crippen LogP contribution in [0, 0.1) is 11.8 Å². The van der Waals surface area contributed by atoms with Crippen molar-refractivity contribution in [2.75, 3.05) is 13.1 Å². The summed E-state index contributed by atoms with van der Waals surface area (Å²) in [7, 11) is 0. The molecule has 2 fully saturated rings. The van der Waals surface area contributed by atoms with Crippen LogP contribution in [0.3, 0.4) is 0 Å². The number of likely N-dealkylation sites (tertiary alicyclic amines) is 1. The molecule has 1 aliphatic heterocycles. The number of halogens is 6. The summed E-state index contributed by atoms with van der Waals surface area (Å²) in [6.45, 7) is 1.70. The number of carboxylic acid groups (broad SMARTS) is 1. The highest BCUT2D eigenvalue weighted by atomic mass is 19.4. The Morgan fingerprint density at radius 2 is 1.69 bits per heavy atom. The van der Waals surface area contributed by atoms with Crippen LogP contribution in [-0.2, 0) is 17.5 Å². The molecule has 1 N–H and O–H groups in total. The van der Waals surface area contributed by atoms with Gasteiger partial charge in [0.25, 0.3) is 0 Å². The molecule has 36 heavy (non-hydrogen) atoms. The number of alkyl halides is 6. The molecule has 1 heterocycles. The van der Waals surface area contributed by atoms with Crippen molar-refractivity contribution in [2.45, 2.75) is 69.9 Å². The summed E-state index contributed by atoms with van der Waals surface area (Å²) < 4.78 is 87.2. The molecule has 4 rings (SSSR count). The smallest absolute Gasteiger partial charge is 0.420 e. The standard InChI is InChI=1S/C26H29F6NO3/c27-25(28,29)18-6-8-19(9-7-18)36-22-11-10-20-17(4-1-5-21(20)24(22)26(30,31)32)15-33-12-2-3-16(14-33)13-23(34)35/h1,4-5,10-11,16,18-19H,2-3,6-9,12-15H2,(H,34,35)/t16-,18-,19+/m1/s1. The molecule has 198 valence electrons. The molecule has 0 aromatic heterocycles. The molecule has 1 saturated heterocycles. The van der Waals surface area contributed by atoms with Gasteiger partial charge < -0.3 is 9.84 Å². The summed E-state index contributed by atoms with van der Waals surface area (Å²) >= 11 is 0. The quantitative estimate of drug-likeness (QED) is 0.418. The van der Waals surface area contributed by atoms with Gasteiger partial charge in [-0.3, -0.25) is 9.69 Å². The lowest BCUT2D eigenvalue weighted by atomic mass is 9.87. The molecule has 0 radical (unpaired) electrons. The summed E-state index contributed by atoms with van der Waals surface area (Å²) in [4.78, 5) is 13.2. The van der Waals surface area contributed by atoms with Crippen LogP contribution in [0.5, 0.6) is 5.75 Å². The third-order valence-electron chi connectivity index (χ3n) is 7.29. The Morgan fingerprint density at radius 3 is 2.33 bits per heavy atom. The van der Waals surface area contributed by atoms with Gasteiger partial charge in [-0.05, 0) is 73.4 Å². The maximum absolute atomic E-state index is 14.2. The van der Waals surface area contributed by atoms with Crippen molar-refractivity contribution in [2.24, 2.45) is 11.8 Å². The molecule has 10 heteroatoms. The summed E-state index contributed by atoms with van der Waals surface area (Å²) in [6.07, 6.45) is -8.25. The van der Waals surface area contributed by atoms with E-state index in [-0.39, 0.29) is 49.2 Å². The summed E-state index contributed by atoms with van der Waals surface area (Å²) in [5.41, 5.74) is -0.214. The molecule has 2 aliphatic rings. The molecule has 0 amide bonds. The highest BCUT2D eigenvalue weighted by Crippen LogP contribution is 2.44.